The quantitative estimate of drug-likeness (QED) is 0.547. The topological polar surface area (TPSA) is 77.1 Å². The first-order chi connectivity index (χ1) is 13.5. The third-order valence-electron chi connectivity index (χ3n) is 4.40. The summed E-state index contributed by atoms with van der Waals surface area (Å²) in [6, 6.07) is 13.9. The van der Waals surface area contributed by atoms with Crippen molar-refractivity contribution < 1.29 is 13.6 Å². The summed E-state index contributed by atoms with van der Waals surface area (Å²) in [6.45, 7) is 1.92. The van der Waals surface area contributed by atoms with Crippen LogP contribution in [0.1, 0.15) is 23.0 Å². The molecule has 0 saturated carbocycles. The van der Waals surface area contributed by atoms with Gasteiger partial charge in [0, 0.05) is 17.1 Å². The lowest BCUT2D eigenvalue weighted by Crippen LogP contribution is -2.14. The normalized spacial score (nSPS) is 10.9. The number of nitrogens with zero attached hydrogens (tertiary/aromatic N) is 2. The van der Waals surface area contributed by atoms with Crippen molar-refractivity contribution >= 4 is 22.6 Å². The van der Waals surface area contributed by atoms with E-state index in [0.29, 0.717) is 34.3 Å². The summed E-state index contributed by atoms with van der Waals surface area (Å²) in [7, 11) is 0. The molecular formula is C21H16FN3O3. The summed E-state index contributed by atoms with van der Waals surface area (Å²) in [5, 5.41) is 7.84. The number of halogens is 1. The number of hydrogen-bond donors (Lipinski definition) is 1. The predicted molar refractivity (Wildman–Crippen MR) is 103 cm³/mol. The fourth-order valence-corrected chi connectivity index (χ4v) is 3.06. The van der Waals surface area contributed by atoms with Crippen molar-refractivity contribution in [2.45, 2.75) is 13.3 Å². The van der Waals surface area contributed by atoms with Crippen LogP contribution in [0.5, 0.6) is 0 Å². The monoisotopic (exact) mass is 377 g/mol. The molecule has 0 unspecified atom stereocenters. The molecule has 140 valence electrons. The first-order valence-corrected chi connectivity index (χ1v) is 8.73. The van der Waals surface area contributed by atoms with Gasteiger partial charge < -0.3 is 9.73 Å². The van der Waals surface area contributed by atoms with Gasteiger partial charge in [-0.2, -0.15) is 5.10 Å². The van der Waals surface area contributed by atoms with E-state index in [4.69, 9.17) is 4.42 Å². The highest BCUT2D eigenvalue weighted by molar-refractivity contribution is 6.05. The zero-order chi connectivity index (χ0) is 19.7. The van der Waals surface area contributed by atoms with Gasteiger partial charge in [-0.25, -0.2) is 13.9 Å². The summed E-state index contributed by atoms with van der Waals surface area (Å²) in [5.41, 5.74) is 2.43. The molecule has 0 spiro atoms. The Balaban J connectivity index is 1.64. The zero-order valence-electron chi connectivity index (χ0n) is 15.0. The van der Waals surface area contributed by atoms with Gasteiger partial charge in [-0.15, -0.1) is 0 Å². The second-order valence-corrected chi connectivity index (χ2v) is 6.21. The number of carbonyl (C=O) groups is 1. The van der Waals surface area contributed by atoms with Crippen LogP contribution in [0, 0.1) is 5.82 Å². The van der Waals surface area contributed by atoms with E-state index in [9.17, 15) is 14.0 Å². The maximum absolute atomic E-state index is 13.2. The van der Waals surface area contributed by atoms with Crippen LogP contribution in [-0.4, -0.2) is 15.7 Å². The second kappa shape index (κ2) is 7.11. The first-order valence-electron chi connectivity index (χ1n) is 8.73. The smallest absolute Gasteiger partial charge is 0.336 e. The number of amides is 1. The van der Waals surface area contributed by atoms with Crippen LogP contribution in [-0.2, 0) is 6.42 Å². The molecule has 6 nitrogen and oxygen atoms in total. The molecule has 0 atom stereocenters. The first kappa shape index (κ1) is 17.7. The Hall–Kier alpha value is -3.74. The molecule has 0 aliphatic rings. The molecular weight excluding hydrogens is 361 g/mol. The van der Waals surface area contributed by atoms with Crippen LogP contribution in [0.15, 0.2) is 70.0 Å². The Morgan fingerprint density at radius 1 is 1.14 bits per heavy atom. The molecule has 2 aromatic carbocycles. The van der Waals surface area contributed by atoms with E-state index in [1.165, 1.54) is 24.4 Å². The fraction of sp³-hybridized carbons (Fsp3) is 0.0952. The molecule has 1 amide bonds. The Labute approximate surface area is 159 Å². The Morgan fingerprint density at radius 2 is 1.93 bits per heavy atom. The van der Waals surface area contributed by atoms with Crippen molar-refractivity contribution in [3.63, 3.8) is 0 Å². The molecule has 2 heterocycles. The van der Waals surface area contributed by atoms with Crippen molar-refractivity contribution in [2.24, 2.45) is 0 Å². The minimum atomic E-state index is -0.426. The molecule has 0 radical (unpaired) electrons. The highest BCUT2D eigenvalue weighted by atomic mass is 19.1. The van der Waals surface area contributed by atoms with Crippen LogP contribution in [0.25, 0.3) is 16.7 Å². The maximum Gasteiger partial charge on any atom is 0.336 e. The van der Waals surface area contributed by atoms with Gasteiger partial charge in [-0.3, -0.25) is 4.79 Å². The van der Waals surface area contributed by atoms with Gasteiger partial charge >= 0.3 is 5.63 Å². The highest BCUT2D eigenvalue weighted by Gasteiger charge is 2.17. The van der Waals surface area contributed by atoms with Crippen LogP contribution in [0.2, 0.25) is 0 Å². The van der Waals surface area contributed by atoms with Crippen molar-refractivity contribution in [1.82, 2.24) is 9.78 Å². The predicted octanol–water partition coefficient (Wildman–Crippen LogP) is 3.93. The van der Waals surface area contributed by atoms with E-state index >= 15 is 0 Å². The molecule has 0 aliphatic carbocycles. The fourth-order valence-electron chi connectivity index (χ4n) is 3.06. The maximum atomic E-state index is 13.2. The molecule has 0 saturated heterocycles. The molecule has 0 bridgehead atoms. The van der Waals surface area contributed by atoms with E-state index in [0.717, 1.165) is 5.69 Å². The molecule has 4 aromatic rings. The lowest BCUT2D eigenvalue weighted by Gasteiger charge is -2.09. The van der Waals surface area contributed by atoms with Gasteiger partial charge in [0.25, 0.3) is 5.91 Å². The number of rotatable bonds is 4. The second-order valence-electron chi connectivity index (χ2n) is 6.21. The van der Waals surface area contributed by atoms with Crippen LogP contribution >= 0.6 is 0 Å². The summed E-state index contributed by atoms with van der Waals surface area (Å²) in [4.78, 5) is 24.1. The lowest BCUT2D eigenvalue weighted by atomic mass is 10.1. The van der Waals surface area contributed by atoms with E-state index in [1.54, 1.807) is 41.1 Å². The van der Waals surface area contributed by atoms with E-state index in [-0.39, 0.29) is 11.7 Å². The van der Waals surface area contributed by atoms with Crippen LogP contribution < -0.4 is 10.9 Å². The summed E-state index contributed by atoms with van der Waals surface area (Å²) in [5.74, 6) is -0.638. The number of fused-ring (bicyclic) bond motifs is 1. The SMILES string of the molecule is CCc1c(C(=O)Nc2ccc3oc(=O)ccc3c2)cnn1-c1ccc(F)cc1. The number of aromatic nitrogens is 2. The molecule has 28 heavy (non-hydrogen) atoms. The molecule has 2 aromatic heterocycles. The van der Waals surface area contributed by atoms with Gasteiger partial charge in [-0.1, -0.05) is 6.92 Å². The molecule has 7 heteroatoms. The Bertz CT molecular complexity index is 1230. The number of hydrogen-bond acceptors (Lipinski definition) is 4. The summed E-state index contributed by atoms with van der Waals surface area (Å²) < 4.78 is 19.9. The number of carbonyl (C=O) groups excluding carboxylic acids is 1. The average Bonchev–Trinajstić information content (AvgIpc) is 3.13. The Kier molecular flexibility index (Phi) is 4.49. The molecule has 0 fully saturated rings. The standard InChI is InChI=1S/C21H16FN3O3/c1-2-18-17(12-23-25(18)16-7-4-14(22)5-8-16)21(27)24-15-6-9-19-13(11-15)3-10-20(26)28-19/h3-12H,2H2,1H3,(H,24,27). The van der Waals surface area contributed by atoms with Crippen molar-refractivity contribution in [1.29, 1.82) is 0 Å². The van der Waals surface area contributed by atoms with Gasteiger partial charge in [0.2, 0.25) is 0 Å². The van der Waals surface area contributed by atoms with Gasteiger partial charge in [-0.05, 0) is 55.0 Å². The number of anilines is 1. The third-order valence-corrected chi connectivity index (χ3v) is 4.40. The summed E-state index contributed by atoms with van der Waals surface area (Å²) in [6.07, 6.45) is 2.07. The third kappa shape index (κ3) is 3.29. The highest BCUT2D eigenvalue weighted by Crippen LogP contribution is 2.21. The minimum Gasteiger partial charge on any atom is -0.423 e. The lowest BCUT2D eigenvalue weighted by molar-refractivity contribution is 0.102. The zero-order valence-corrected chi connectivity index (χ0v) is 15.0. The van der Waals surface area contributed by atoms with E-state index < -0.39 is 5.63 Å². The molecule has 0 aliphatic heterocycles. The Morgan fingerprint density at radius 3 is 2.68 bits per heavy atom. The van der Waals surface area contributed by atoms with E-state index in [1.807, 2.05) is 6.92 Å². The van der Waals surface area contributed by atoms with Gasteiger partial charge in [0.15, 0.2) is 0 Å². The van der Waals surface area contributed by atoms with Crippen LogP contribution in [0.4, 0.5) is 10.1 Å². The largest absolute Gasteiger partial charge is 0.423 e. The average molecular weight is 377 g/mol. The molecule has 4 rings (SSSR count). The van der Waals surface area contributed by atoms with Crippen LogP contribution in [0.3, 0.4) is 0 Å². The number of benzene rings is 2. The van der Waals surface area contributed by atoms with Crippen molar-refractivity contribution in [3.05, 3.63) is 88.3 Å². The van der Waals surface area contributed by atoms with Gasteiger partial charge in [0.1, 0.15) is 11.4 Å². The van der Waals surface area contributed by atoms with Crippen molar-refractivity contribution in [2.75, 3.05) is 5.32 Å². The van der Waals surface area contributed by atoms with E-state index in [2.05, 4.69) is 10.4 Å². The number of nitrogens with one attached hydrogen (secondary N) is 1. The van der Waals surface area contributed by atoms with Gasteiger partial charge in [0.05, 0.1) is 23.1 Å². The van der Waals surface area contributed by atoms with Crippen molar-refractivity contribution in [3.8, 4) is 5.69 Å². The minimum absolute atomic E-state index is 0.304. The summed E-state index contributed by atoms with van der Waals surface area (Å²) >= 11 is 0. The molecule has 1 N–H and O–H groups in total.